The van der Waals surface area contributed by atoms with Crippen LogP contribution in [0.3, 0.4) is 0 Å². The first-order valence-corrected chi connectivity index (χ1v) is 8.25. The maximum Gasteiger partial charge on any atom is 0.209 e. The van der Waals surface area contributed by atoms with E-state index in [0.29, 0.717) is 17.9 Å². The van der Waals surface area contributed by atoms with Gasteiger partial charge in [0, 0.05) is 18.8 Å². The van der Waals surface area contributed by atoms with Crippen LogP contribution in [0.4, 0.5) is 0 Å². The fourth-order valence-corrected chi connectivity index (χ4v) is 2.77. The van der Waals surface area contributed by atoms with E-state index >= 15 is 0 Å². The van der Waals surface area contributed by atoms with Crippen LogP contribution in [0.15, 0.2) is 83.9 Å². The van der Waals surface area contributed by atoms with Crippen LogP contribution < -0.4 is 11.2 Å². The summed E-state index contributed by atoms with van der Waals surface area (Å²) in [5, 5.41) is 8.88. The number of nitrogens with two attached hydrogens (primary N) is 1. The first-order valence-electron chi connectivity index (χ1n) is 8.25. The molecule has 4 aromatic rings. The van der Waals surface area contributed by atoms with Gasteiger partial charge < -0.3 is 5.73 Å². The van der Waals surface area contributed by atoms with Crippen molar-refractivity contribution in [2.45, 2.75) is 6.54 Å². The fraction of sp³-hybridized carbons (Fsp3) is 0.0500. The number of benzene rings is 2. The molecule has 0 aliphatic rings. The van der Waals surface area contributed by atoms with Gasteiger partial charge in [-0.2, -0.15) is 10.2 Å². The topological polar surface area (TPSA) is 78.7 Å². The third kappa shape index (κ3) is 2.94. The molecule has 2 heterocycles. The van der Waals surface area contributed by atoms with Crippen LogP contribution in [0.5, 0.6) is 0 Å². The zero-order chi connectivity index (χ0) is 17.9. The van der Waals surface area contributed by atoms with Gasteiger partial charge in [-0.15, -0.1) is 0 Å². The molecule has 2 aromatic carbocycles. The highest BCUT2D eigenvalue weighted by Gasteiger charge is 2.13. The lowest BCUT2D eigenvalue weighted by Crippen LogP contribution is -2.14. The molecule has 6 nitrogen and oxygen atoms in total. The van der Waals surface area contributed by atoms with Gasteiger partial charge in [0.15, 0.2) is 5.69 Å². The van der Waals surface area contributed by atoms with Crippen LogP contribution >= 0.6 is 0 Å². The fourth-order valence-electron chi connectivity index (χ4n) is 2.77. The molecule has 0 fully saturated rings. The van der Waals surface area contributed by atoms with E-state index in [-0.39, 0.29) is 5.43 Å². The van der Waals surface area contributed by atoms with Crippen molar-refractivity contribution in [1.29, 1.82) is 0 Å². The van der Waals surface area contributed by atoms with Gasteiger partial charge in [0.1, 0.15) is 0 Å². The molecule has 2 N–H and O–H groups in total. The Kier molecular flexibility index (Phi) is 4.17. The third-order valence-electron chi connectivity index (χ3n) is 4.13. The van der Waals surface area contributed by atoms with Crippen LogP contribution in [0.25, 0.3) is 22.8 Å². The second-order valence-electron chi connectivity index (χ2n) is 5.81. The van der Waals surface area contributed by atoms with E-state index in [1.54, 1.807) is 27.8 Å². The van der Waals surface area contributed by atoms with E-state index in [2.05, 4.69) is 10.2 Å². The van der Waals surface area contributed by atoms with Crippen molar-refractivity contribution in [2.24, 2.45) is 5.73 Å². The summed E-state index contributed by atoms with van der Waals surface area (Å²) >= 11 is 0. The zero-order valence-electron chi connectivity index (χ0n) is 14.0. The Bertz CT molecular complexity index is 1080. The van der Waals surface area contributed by atoms with Gasteiger partial charge in [0.2, 0.25) is 5.43 Å². The maximum absolute atomic E-state index is 12.5. The lowest BCUT2D eigenvalue weighted by Gasteiger charge is -2.10. The minimum atomic E-state index is -0.155. The van der Waals surface area contributed by atoms with Gasteiger partial charge >= 0.3 is 0 Å². The second kappa shape index (κ2) is 6.78. The van der Waals surface area contributed by atoms with Gasteiger partial charge in [0.05, 0.1) is 23.3 Å². The molecule has 0 saturated heterocycles. The summed E-state index contributed by atoms with van der Waals surface area (Å²) in [7, 11) is 0. The summed E-state index contributed by atoms with van der Waals surface area (Å²) in [6.45, 7) is 0.485. The van der Waals surface area contributed by atoms with Gasteiger partial charge in [0.25, 0.3) is 0 Å². The van der Waals surface area contributed by atoms with E-state index < -0.39 is 0 Å². The van der Waals surface area contributed by atoms with Gasteiger partial charge in [-0.25, -0.2) is 9.36 Å². The highest BCUT2D eigenvalue weighted by molar-refractivity contribution is 5.57. The van der Waals surface area contributed by atoms with Crippen molar-refractivity contribution in [3.63, 3.8) is 0 Å². The predicted molar refractivity (Wildman–Crippen MR) is 100 cm³/mol. The first-order chi connectivity index (χ1) is 12.8. The lowest BCUT2D eigenvalue weighted by molar-refractivity contribution is 0.822. The zero-order valence-corrected chi connectivity index (χ0v) is 14.0. The van der Waals surface area contributed by atoms with Gasteiger partial charge in [-0.05, 0) is 35.9 Å². The SMILES string of the molecule is NCc1ccc(-n2ccc(=O)c(-c3ccnn3-c3ccccc3)n2)cc1. The van der Waals surface area contributed by atoms with Crippen molar-refractivity contribution in [3.05, 3.63) is 94.9 Å². The predicted octanol–water partition coefficient (Wildman–Crippen LogP) is 2.54. The molecule has 4 rings (SSSR count). The smallest absolute Gasteiger partial charge is 0.209 e. The van der Waals surface area contributed by atoms with Crippen LogP contribution in [-0.4, -0.2) is 19.6 Å². The Morgan fingerprint density at radius 1 is 0.885 bits per heavy atom. The van der Waals surface area contributed by atoms with E-state index in [0.717, 1.165) is 16.9 Å². The minimum absolute atomic E-state index is 0.155. The van der Waals surface area contributed by atoms with Crippen molar-refractivity contribution in [2.75, 3.05) is 0 Å². The number of aromatic nitrogens is 4. The summed E-state index contributed by atoms with van der Waals surface area (Å²) in [5.74, 6) is 0. The average Bonchev–Trinajstić information content (AvgIpc) is 3.19. The van der Waals surface area contributed by atoms with E-state index in [4.69, 9.17) is 5.73 Å². The molecule has 0 unspecified atom stereocenters. The number of hydrogen-bond donors (Lipinski definition) is 1. The molecule has 2 aromatic heterocycles. The molecule has 128 valence electrons. The standard InChI is InChI=1S/C20H17N5O/c21-14-15-6-8-16(9-7-15)24-13-11-19(26)20(23-24)18-10-12-22-25(18)17-4-2-1-3-5-17/h1-13H,14,21H2. The highest BCUT2D eigenvalue weighted by Crippen LogP contribution is 2.18. The molecule has 6 heteroatoms. The molecule has 0 amide bonds. The largest absolute Gasteiger partial charge is 0.326 e. The summed E-state index contributed by atoms with van der Waals surface area (Å²) in [6.07, 6.45) is 3.32. The quantitative estimate of drug-likeness (QED) is 0.618. The highest BCUT2D eigenvalue weighted by atomic mass is 16.1. The Labute approximate surface area is 150 Å². The summed E-state index contributed by atoms with van der Waals surface area (Å²) in [4.78, 5) is 12.5. The Hall–Kier alpha value is -3.51. The van der Waals surface area contributed by atoms with Crippen molar-refractivity contribution in [1.82, 2.24) is 19.6 Å². The lowest BCUT2D eigenvalue weighted by atomic mass is 10.2. The van der Waals surface area contributed by atoms with Gasteiger partial charge in [-0.1, -0.05) is 30.3 Å². The molecular weight excluding hydrogens is 326 g/mol. The average molecular weight is 343 g/mol. The Morgan fingerprint density at radius 2 is 1.65 bits per heavy atom. The van der Waals surface area contributed by atoms with Crippen LogP contribution in [-0.2, 0) is 6.54 Å². The van der Waals surface area contributed by atoms with E-state index in [9.17, 15) is 4.79 Å². The van der Waals surface area contributed by atoms with Crippen molar-refractivity contribution in [3.8, 4) is 22.8 Å². The summed E-state index contributed by atoms with van der Waals surface area (Å²) in [5.41, 5.74) is 9.25. The van der Waals surface area contributed by atoms with Crippen molar-refractivity contribution < 1.29 is 0 Å². The molecule has 0 atom stereocenters. The van der Waals surface area contributed by atoms with Crippen LogP contribution in [0.1, 0.15) is 5.56 Å². The molecule has 0 bridgehead atoms. The molecule has 0 radical (unpaired) electrons. The molecule has 26 heavy (non-hydrogen) atoms. The molecule has 0 aliphatic carbocycles. The maximum atomic E-state index is 12.5. The molecule has 0 spiro atoms. The number of para-hydroxylation sites is 1. The summed E-state index contributed by atoms with van der Waals surface area (Å²) < 4.78 is 3.39. The molecule has 0 aliphatic heterocycles. The number of rotatable bonds is 4. The van der Waals surface area contributed by atoms with E-state index in [1.807, 2.05) is 54.6 Å². The van der Waals surface area contributed by atoms with Crippen LogP contribution in [0, 0.1) is 0 Å². The Balaban J connectivity index is 1.81. The minimum Gasteiger partial charge on any atom is -0.326 e. The van der Waals surface area contributed by atoms with Crippen LogP contribution in [0.2, 0.25) is 0 Å². The molecule has 0 saturated carbocycles. The number of hydrogen-bond acceptors (Lipinski definition) is 4. The Morgan fingerprint density at radius 3 is 2.38 bits per heavy atom. The summed E-state index contributed by atoms with van der Waals surface area (Å²) in [6, 6.07) is 20.7. The van der Waals surface area contributed by atoms with Crippen molar-refractivity contribution >= 4 is 0 Å². The monoisotopic (exact) mass is 343 g/mol. The van der Waals surface area contributed by atoms with Gasteiger partial charge in [-0.3, -0.25) is 4.79 Å². The number of nitrogens with zero attached hydrogens (tertiary/aromatic N) is 4. The first kappa shape index (κ1) is 16.0. The van der Waals surface area contributed by atoms with E-state index in [1.165, 1.54) is 6.07 Å². The normalized spacial score (nSPS) is 10.8. The second-order valence-corrected chi connectivity index (χ2v) is 5.81. The molecular formula is C20H17N5O. The third-order valence-corrected chi connectivity index (χ3v) is 4.13.